The van der Waals surface area contributed by atoms with Gasteiger partial charge in [0, 0.05) is 0 Å². The number of hydrogen-bond donors (Lipinski definition) is 0. The maximum absolute atomic E-state index is 2.53. The van der Waals surface area contributed by atoms with Crippen LogP contribution in [0.3, 0.4) is 0 Å². The zero-order valence-electron chi connectivity index (χ0n) is 12.1. The molecule has 0 aromatic rings. The second-order valence-electron chi connectivity index (χ2n) is 5.36. The van der Waals surface area contributed by atoms with Crippen LogP contribution in [0.5, 0.6) is 0 Å². The molecular weight excluding hydrogens is 321 g/mol. The first-order valence-corrected chi connectivity index (χ1v) is 9.06. The Balaban J connectivity index is 0.00000162. The van der Waals surface area contributed by atoms with E-state index < -0.39 is 23.2 Å². The van der Waals surface area contributed by atoms with Gasteiger partial charge in [0.25, 0.3) is 0 Å². The SMILES string of the molecule is CC[C]1([Zr+2][C]2(CC)C=CC(C)=C2)C=CC(C)=C1.[F-].[F-]. The molecule has 0 nitrogen and oxygen atoms in total. The molecule has 0 aromatic carbocycles. The Hall–Kier alpha value is -0.297. The molecule has 0 amide bonds. The van der Waals surface area contributed by atoms with Gasteiger partial charge in [0.15, 0.2) is 0 Å². The monoisotopic (exact) mass is 342 g/mol. The summed E-state index contributed by atoms with van der Waals surface area (Å²) in [5.41, 5.74) is 2.92. The molecule has 0 bridgehead atoms. The van der Waals surface area contributed by atoms with Crippen molar-refractivity contribution in [1.82, 2.24) is 0 Å². The molecule has 0 radical (unpaired) electrons. The van der Waals surface area contributed by atoms with Gasteiger partial charge in [0.05, 0.1) is 0 Å². The summed E-state index contributed by atoms with van der Waals surface area (Å²) >= 11 is -0.566. The largest absolute Gasteiger partial charge is 1.00 e. The number of rotatable bonds is 4. The van der Waals surface area contributed by atoms with E-state index in [-0.39, 0.29) is 9.41 Å². The normalized spacial score (nSPS) is 31.2. The number of hydrogen-bond acceptors (Lipinski definition) is 0. The number of allylic oxidation sites excluding steroid dienone is 8. The van der Waals surface area contributed by atoms with Gasteiger partial charge < -0.3 is 9.41 Å². The minimum atomic E-state index is -0.566. The van der Waals surface area contributed by atoms with Gasteiger partial charge in [-0.3, -0.25) is 0 Å². The van der Waals surface area contributed by atoms with Gasteiger partial charge in [0.2, 0.25) is 0 Å². The van der Waals surface area contributed by atoms with E-state index in [1.165, 1.54) is 24.0 Å². The Morgan fingerprint density at radius 3 is 1.42 bits per heavy atom. The summed E-state index contributed by atoms with van der Waals surface area (Å²) in [6, 6.07) is 0. The molecule has 0 spiro atoms. The molecule has 0 saturated carbocycles. The summed E-state index contributed by atoms with van der Waals surface area (Å²) < 4.78 is 0.907. The van der Waals surface area contributed by atoms with Crippen LogP contribution in [0.2, 0.25) is 6.25 Å². The second kappa shape index (κ2) is 6.93. The first-order valence-electron chi connectivity index (χ1n) is 6.60. The molecular formula is C16H22F2Zr. The molecule has 0 N–H and O–H groups in total. The van der Waals surface area contributed by atoms with Gasteiger partial charge in [-0.2, -0.15) is 0 Å². The Labute approximate surface area is 127 Å². The summed E-state index contributed by atoms with van der Waals surface area (Å²) in [4.78, 5) is 0. The molecule has 2 unspecified atom stereocenters. The zero-order chi connectivity index (χ0) is 12.5. The molecule has 2 rings (SSSR count). The summed E-state index contributed by atoms with van der Waals surface area (Å²) in [5.74, 6) is 0. The van der Waals surface area contributed by atoms with Gasteiger partial charge in [-0.05, 0) is 0 Å². The topological polar surface area (TPSA) is 0 Å². The molecule has 0 aliphatic heterocycles. The third-order valence-corrected chi connectivity index (χ3v) is 9.45. The predicted octanol–water partition coefficient (Wildman–Crippen LogP) is -0.753. The fraction of sp³-hybridized carbons (Fsp3) is 0.500. The van der Waals surface area contributed by atoms with Crippen LogP contribution in [0, 0.1) is 0 Å². The maximum atomic E-state index is 2.53. The van der Waals surface area contributed by atoms with Gasteiger partial charge in [-0.1, -0.05) is 0 Å². The Morgan fingerprint density at radius 2 is 1.21 bits per heavy atom. The van der Waals surface area contributed by atoms with E-state index in [0.29, 0.717) is 6.25 Å². The van der Waals surface area contributed by atoms with E-state index in [1.54, 1.807) is 0 Å². The summed E-state index contributed by atoms with van der Waals surface area (Å²) in [5, 5.41) is 0. The van der Waals surface area contributed by atoms with Crippen molar-refractivity contribution in [1.29, 1.82) is 0 Å². The standard InChI is InChI=1S/2C8H11.2FH.Zr/c2*1-3-8-5-4-7(2)6-8;;;/h2*4-6H,3H2,1-2H3;2*1H;/q;;;;+2/p-2. The van der Waals surface area contributed by atoms with E-state index in [0.717, 1.165) is 0 Å². The Morgan fingerprint density at radius 1 is 0.842 bits per heavy atom. The summed E-state index contributed by atoms with van der Waals surface area (Å²) in [7, 11) is 0. The zero-order valence-corrected chi connectivity index (χ0v) is 14.6. The average molecular weight is 344 g/mol. The molecule has 0 aromatic heterocycles. The van der Waals surface area contributed by atoms with E-state index in [4.69, 9.17) is 0 Å². The van der Waals surface area contributed by atoms with Crippen LogP contribution in [0.25, 0.3) is 0 Å². The minimum absolute atomic E-state index is 0. The predicted molar refractivity (Wildman–Crippen MR) is 71.8 cm³/mol. The van der Waals surface area contributed by atoms with Crippen molar-refractivity contribution >= 4 is 0 Å². The summed E-state index contributed by atoms with van der Waals surface area (Å²) in [6.45, 7) is 9.16. The summed E-state index contributed by atoms with van der Waals surface area (Å²) in [6.07, 6.45) is 17.2. The van der Waals surface area contributed by atoms with Crippen molar-refractivity contribution < 1.29 is 32.6 Å². The van der Waals surface area contributed by atoms with Crippen LogP contribution in [0.1, 0.15) is 40.5 Å². The molecule has 0 saturated heterocycles. The van der Waals surface area contributed by atoms with E-state index in [2.05, 4.69) is 64.2 Å². The molecule has 3 heteroatoms. The molecule has 2 aliphatic rings. The van der Waals surface area contributed by atoms with Crippen molar-refractivity contribution in [3.05, 3.63) is 47.6 Å². The minimum Gasteiger partial charge on any atom is -1.00 e. The Kier molecular flexibility index (Phi) is 6.82. The van der Waals surface area contributed by atoms with Crippen LogP contribution in [0.4, 0.5) is 0 Å². The van der Waals surface area contributed by atoms with E-state index in [1.807, 2.05) is 0 Å². The van der Waals surface area contributed by atoms with Crippen molar-refractivity contribution in [2.45, 2.75) is 46.8 Å². The average Bonchev–Trinajstić information content (AvgIpc) is 2.85. The third-order valence-electron chi connectivity index (χ3n) is 3.89. The van der Waals surface area contributed by atoms with Crippen LogP contribution in [0.15, 0.2) is 47.6 Å². The first-order chi connectivity index (χ1) is 8.03. The molecule has 104 valence electrons. The molecule has 0 fully saturated rings. The van der Waals surface area contributed by atoms with Crippen molar-refractivity contribution in [3.8, 4) is 0 Å². The van der Waals surface area contributed by atoms with Gasteiger partial charge >= 0.3 is 118 Å². The quantitative estimate of drug-likeness (QED) is 0.630. The number of halogens is 2. The van der Waals surface area contributed by atoms with Crippen LogP contribution >= 0.6 is 0 Å². The van der Waals surface area contributed by atoms with Crippen molar-refractivity contribution in [2.24, 2.45) is 0 Å². The van der Waals surface area contributed by atoms with Crippen LogP contribution < -0.4 is 9.41 Å². The third kappa shape index (κ3) is 3.84. The van der Waals surface area contributed by atoms with Gasteiger partial charge in [-0.15, -0.1) is 0 Å². The van der Waals surface area contributed by atoms with Crippen molar-refractivity contribution in [2.75, 3.05) is 0 Å². The second-order valence-corrected chi connectivity index (χ2v) is 10.5. The maximum Gasteiger partial charge on any atom is -1.00 e. The van der Waals surface area contributed by atoms with E-state index >= 15 is 0 Å². The smallest absolute Gasteiger partial charge is 1.00 e. The molecule has 2 aliphatic carbocycles. The first kappa shape index (κ1) is 18.7. The van der Waals surface area contributed by atoms with Crippen LogP contribution in [-0.4, -0.2) is 0 Å². The van der Waals surface area contributed by atoms with E-state index in [9.17, 15) is 0 Å². The van der Waals surface area contributed by atoms with Crippen molar-refractivity contribution in [3.63, 3.8) is 0 Å². The Bertz CT molecular complexity index is 394. The van der Waals surface area contributed by atoms with Gasteiger partial charge in [-0.25, -0.2) is 0 Å². The fourth-order valence-electron chi connectivity index (χ4n) is 2.77. The molecule has 19 heavy (non-hydrogen) atoms. The van der Waals surface area contributed by atoms with Crippen LogP contribution in [-0.2, 0) is 23.2 Å². The van der Waals surface area contributed by atoms with Gasteiger partial charge in [0.1, 0.15) is 0 Å². The fourth-order valence-corrected chi connectivity index (χ4v) is 8.06. The molecule has 2 atom stereocenters. The molecule has 0 heterocycles.